The molecule has 0 aliphatic rings. The zero-order valence-electron chi connectivity index (χ0n) is 15.0. The summed E-state index contributed by atoms with van der Waals surface area (Å²) in [5, 5.41) is 5.28. The average Bonchev–Trinajstić information content (AvgIpc) is 3.06. The fourth-order valence-electron chi connectivity index (χ4n) is 3.14. The van der Waals surface area contributed by atoms with Gasteiger partial charge in [0.25, 0.3) is 5.91 Å². The van der Waals surface area contributed by atoms with Crippen LogP contribution in [0.4, 0.5) is 0 Å². The van der Waals surface area contributed by atoms with Crippen LogP contribution in [0.1, 0.15) is 21.5 Å². The predicted octanol–water partition coefficient (Wildman–Crippen LogP) is 5.06. The Morgan fingerprint density at radius 1 is 1.00 bits per heavy atom. The van der Waals surface area contributed by atoms with E-state index in [0.717, 1.165) is 26.6 Å². The maximum absolute atomic E-state index is 12.3. The van der Waals surface area contributed by atoms with Crippen LogP contribution in [-0.4, -0.2) is 16.7 Å². The second-order valence-electron chi connectivity index (χ2n) is 6.42. The van der Waals surface area contributed by atoms with Crippen molar-refractivity contribution in [2.45, 2.75) is 6.54 Å². The van der Waals surface area contributed by atoms with E-state index in [1.165, 1.54) is 5.56 Å². The lowest BCUT2D eigenvalue weighted by atomic mass is 10.2. The first-order valence-corrected chi connectivity index (χ1v) is 9.99. The highest BCUT2D eigenvalue weighted by Gasteiger charge is 2.08. The van der Waals surface area contributed by atoms with E-state index in [2.05, 4.69) is 68.1 Å². The van der Waals surface area contributed by atoms with Gasteiger partial charge >= 0.3 is 0 Å². The lowest BCUT2D eigenvalue weighted by Gasteiger charge is -2.05. The summed E-state index contributed by atoms with van der Waals surface area (Å²) in [4.78, 5) is 12.3. The molecule has 0 saturated heterocycles. The number of hydrogen-bond acceptors (Lipinski definition) is 2. The van der Waals surface area contributed by atoms with Crippen molar-refractivity contribution in [1.29, 1.82) is 0 Å². The van der Waals surface area contributed by atoms with Crippen molar-refractivity contribution in [2.75, 3.05) is 0 Å². The van der Waals surface area contributed by atoms with E-state index in [1.54, 1.807) is 12.3 Å². The molecule has 1 amide bonds. The monoisotopic (exact) mass is 479 g/mol. The van der Waals surface area contributed by atoms with Crippen LogP contribution in [0.25, 0.3) is 10.9 Å². The molecule has 5 heteroatoms. The molecule has 0 aliphatic heterocycles. The minimum Gasteiger partial charge on any atom is -0.342 e. The molecule has 3 aromatic carbocycles. The van der Waals surface area contributed by atoms with Crippen LogP contribution in [-0.2, 0) is 6.54 Å². The molecule has 4 nitrogen and oxygen atoms in total. The molecule has 0 radical (unpaired) electrons. The van der Waals surface area contributed by atoms with E-state index in [0.29, 0.717) is 5.56 Å². The third-order valence-corrected chi connectivity index (χ3v) is 5.14. The van der Waals surface area contributed by atoms with Gasteiger partial charge in [0.05, 0.1) is 6.21 Å². The molecule has 28 heavy (non-hydrogen) atoms. The van der Waals surface area contributed by atoms with Crippen LogP contribution in [0.15, 0.2) is 90.2 Å². The number of carbonyl (C=O) groups excluding carboxylic acids is 1. The fraction of sp³-hybridized carbons (Fsp3) is 0.0435. The highest BCUT2D eigenvalue weighted by atomic mass is 127. The number of fused-ring (bicyclic) bond motifs is 1. The van der Waals surface area contributed by atoms with Crippen LogP contribution in [0, 0.1) is 3.57 Å². The molecule has 1 N–H and O–H groups in total. The van der Waals surface area contributed by atoms with Crippen molar-refractivity contribution < 1.29 is 4.79 Å². The molecule has 4 rings (SSSR count). The number of amides is 1. The maximum Gasteiger partial charge on any atom is 0.271 e. The van der Waals surface area contributed by atoms with E-state index < -0.39 is 0 Å². The van der Waals surface area contributed by atoms with E-state index in [4.69, 9.17) is 0 Å². The van der Waals surface area contributed by atoms with Crippen LogP contribution in [0.2, 0.25) is 0 Å². The molecule has 0 bridgehead atoms. The van der Waals surface area contributed by atoms with Gasteiger partial charge in [-0.15, -0.1) is 0 Å². The van der Waals surface area contributed by atoms with Gasteiger partial charge in [0.1, 0.15) is 0 Å². The number of aromatic nitrogens is 1. The summed E-state index contributed by atoms with van der Waals surface area (Å²) in [6.45, 7) is 0.782. The number of para-hydroxylation sites is 1. The molecule has 4 aromatic rings. The van der Waals surface area contributed by atoms with Gasteiger partial charge in [-0.1, -0.05) is 54.6 Å². The number of hydrogen-bond donors (Lipinski definition) is 1. The van der Waals surface area contributed by atoms with Gasteiger partial charge in [0.2, 0.25) is 0 Å². The molecular weight excluding hydrogens is 461 g/mol. The van der Waals surface area contributed by atoms with Crippen LogP contribution in [0.5, 0.6) is 0 Å². The summed E-state index contributed by atoms with van der Waals surface area (Å²) in [5.74, 6) is -0.220. The SMILES string of the molecule is O=C(N/N=C/c1cn(Cc2ccccc2)c2ccccc12)c1cccc(I)c1. The molecule has 0 spiro atoms. The van der Waals surface area contributed by atoms with Gasteiger partial charge in [-0.2, -0.15) is 5.10 Å². The first kappa shape index (κ1) is 18.4. The number of rotatable bonds is 5. The average molecular weight is 479 g/mol. The van der Waals surface area contributed by atoms with Crippen molar-refractivity contribution >= 4 is 45.6 Å². The van der Waals surface area contributed by atoms with E-state index >= 15 is 0 Å². The quantitative estimate of drug-likeness (QED) is 0.243. The van der Waals surface area contributed by atoms with Crippen molar-refractivity contribution in [2.24, 2.45) is 5.10 Å². The zero-order chi connectivity index (χ0) is 19.3. The highest BCUT2D eigenvalue weighted by molar-refractivity contribution is 14.1. The predicted molar refractivity (Wildman–Crippen MR) is 122 cm³/mol. The Hall–Kier alpha value is -2.93. The van der Waals surface area contributed by atoms with Gasteiger partial charge < -0.3 is 4.57 Å². The van der Waals surface area contributed by atoms with Crippen LogP contribution in [0.3, 0.4) is 0 Å². The summed E-state index contributed by atoms with van der Waals surface area (Å²) < 4.78 is 3.21. The first-order valence-electron chi connectivity index (χ1n) is 8.91. The molecule has 0 atom stereocenters. The third-order valence-electron chi connectivity index (χ3n) is 4.47. The number of benzene rings is 3. The van der Waals surface area contributed by atoms with Gasteiger partial charge in [0, 0.05) is 38.3 Å². The van der Waals surface area contributed by atoms with Crippen molar-refractivity contribution in [3.05, 3.63) is 105 Å². The Balaban J connectivity index is 1.57. The summed E-state index contributed by atoms with van der Waals surface area (Å²) in [6.07, 6.45) is 3.77. The Labute approximate surface area is 177 Å². The minimum absolute atomic E-state index is 0.220. The van der Waals surface area contributed by atoms with Crippen LogP contribution < -0.4 is 5.43 Å². The molecule has 0 fully saturated rings. The summed E-state index contributed by atoms with van der Waals surface area (Å²) in [6, 6.07) is 26.0. The Kier molecular flexibility index (Phi) is 5.53. The van der Waals surface area contributed by atoms with Crippen molar-refractivity contribution in [1.82, 2.24) is 9.99 Å². The normalized spacial score (nSPS) is 11.2. The van der Waals surface area contributed by atoms with Crippen LogP contribution >= 0.6 is 22.6 Å². The lowest BCUT2D eigenvalue weighted by molar-refractivity contribution is 0.0955. The molecule has 0 saturated carbocycles. The summed E-state index contributed by atoms with van der Waals surface area (Å²) >= 11 is 2.19. The number of nitrogens with one attached hydrogen (secondary N) is 1. The van der Waals surface area contributed by atoms with E-state index in [-0.39, 0.29) is 5.91 Å². The minimum atomic E-state index is -0.220. The molecule has 0 aliphatic carbocycles. The van der Waals surface area contributed by atoms with E-state index in [1.807, 2.05) is 48.5 Å². The zero-order valence-corrected chi connectivity index (χ0v) is 17.2. The van der Waals surface area contributed by atoms with Crippen molar-refractivity contribution in [3.63, 3.8) is 0 Å². The highest BCUT2D eigenvalue weighted by Crippen LogP contribution is 2.21. The second kappa shape index (κ2) is 8.39. The number of hydrazone groups is 1. The third kappa shape index (κ3) is 4.14. The maximum atomic E-state index is 12.3. The number of carbonyl (C=O) groups is 1. The Morgan fingerprint density at radius 2 is 1.79 bits per heavy atom. The van der Waals surface area contributed by atoms with Gasteiger partial charge in [-0.05, 0) is 52.4 Å². The lowest BCUT2D eigenvalue weighted by Crippen LogP contribution is -2.17. The number of nitrogens with zero attached hydrogens (tertiary/aromatic N) is 2. The molecular formula is C23H18IN3O. The topological polar surface area (TPSA) is 46.4 Å². The number of halogens is 1. The largest absolute Gasteiger partial charge is 0.342 e. The fourth-order valence-corrected chi connectivity index (χ4v) is 3.69. The molecule has 1 aromatic heterocycles. The van der Waals surface area contributed by atoms with Gasteiger partial charge in [-0.3, -0.25) is 4.79 Å². The Morgan fingerprint density at radius 3 is 2.61 bits per heavy atom. The summed E-state index contributed by atoms with van der Waals surface area (Å²) in [5.41, 5.74) is 6.55. The molecule has 0 unspecified atom stereocenters. The second-order valence-corrected chi connectivity index (χ2v) is 7.67. The molecule has 1 heterocycles. The van der Waals surface area contributed by atoms with Gasteiger partial charge in [0.15, 0.2) is 0 Å². The van der Waals surface area contributed by atoms with Crippen molar-refractivity contribution in [3.8, 4) is 0 Å². The molecule has 138 valence electrons. The standard InChI is InChI=1S/C23H18IN3O/c24-20-10-6-9-18(13-20)23(28)26-25-14-19-16-27(15-17-7-2-1-3-8-17)22-12-5-4-11-21(19)22/h1-14,16H,15H2,(H,26,28)/b25-14+. The van der Waals surface area contributed by atoms with Gasteiger partial charge in [-0.25, -0.2) is 5.43 Å². The smallest absolute Gasteiger partial charge is 0.271 e. The Bertz CT molecular complexity index is 1150. The summed E-state index contributed by atoms with van der Waals surface area (Å²) in [7, 11) is 0. The first-order chi connectivity index (χ1) is 13.7. The van der Waals surface area contributed by atoms with E-state index in [9.17, 15) is 4.79 Å².